The van der Waals surface area contributed by atoms with Crippen LogP contribution in [0, 0.1) is 0 Å². The number of aryl methyl sites for hydroxylation is 1. The summed E-state index contributed by atoms with van der Waals surface area (Å²) >= 11 is 5.96. The van der Waals surface area contributed by atoms with Crippen molar-refractivity contribution in [2.45, 2.75) is 38.3 Å². The van der Waals surface area contributed by atoms with E-state index in [0.29, 0.717) is 11.1 Å². The molecule has 0 bridgehead atoms. The highest BCUT2D eigenvalue weighted by molar-refractivity contribution is 6.30. The fourth-order valence-electron chi connectivity index (χ4n) is 3.25. The predicted octanol–water partition coefficient (Wildman–Crippen LogP) is 3.31. The zero-order chi connectivity index (χ0) is 16.2. The molecule has 0 aromatic heterocycles. The van der Waals surface area contributed by atoms with Crippen LogP contribution >= 0.6 is 11.6 Å². The normalized spacial score (nSPS) is 18.1. The fraction of sp³-hybridized carbons (Fsp3) is 0.316. The van der Waals surface area contributed by atoms with E-state index in [9.17, 15) is 4.79 Å². The second kappa shape index (κ2) is 7.16. The maximum atomic E-state index is 12.4. The first-order valence-corrected chi connectivity index (χ1v) is 8.50. The van der Waals surface area contributed by atoms with Crippen molar-refractivity contribution in [3.63, 3.8) is 0 Å². The fourth-order valence-corrected chi connectivity index (χ4v) is 3.44. The number of carbonyl (C=O) groups excluding carboxylic acids is 1. The van der Waals surface area contributed by atoms with Gasteiger partial charge in [-0.2, -0.15) is 0 Å². The molecular formula is C19H22ClN2O+. The lowest BCUT2D eigenvalue weighted by molar-refractivity contribution is -0.714. The molecule has 1 aliphatic carbocycles. The number of nitrogens with one attached hydrogen (secondary N) is 1. The van der Waals surface area contributed by atoms with Crippen molar-refractivity contribution in [2.24, 2.45) is 0 Å². The molecule has 4 heteroatoms. The number of quaternary nitrogens is 1. The third-order valence-corrected chi connectivity index (χ3v) is 4.68. The average Bonchev–Trinajstić information content (AvgIpc) is 2.55. The summed E-state index contributed by atoms with van der Waals surface area (Å²) in [4.78, 5) is 12.4. The smallest absolute Gasteiger partial charge is 0.282 e. The number of hydrogen-bond acceptors (Lipinski definition) is 1. The Morgan fingerprint density at radius 1 is 1.26 bits per heavy atom. The summed E-state index contributed by atoms with van der Waals surface area (Å²) in [6.07, 6.45) is 3.44. The minimum absolute atomic E-state index is 0.00956. The molecule has 23 heavy (non-hydrogen) atoms. The molecule has 120 valence electrons. The van der Waals surface area contributed by atoms with Gasteiger partial charge in [0.25, 0.3) is 5.91 Å². The van der Waals surface area contributed by atoms with Crippen LogP contribution in [0.4, 0.5) is 5.69 Å². The van der Waals surface area contributed by atoms with E-state index in [1.54, 1.807) is 12.1 Å². The van der Waals surface area contributed by atoms with Gasteiger partial charge in [0.1, 0.15) is 6.04 Å². The maximum absolute atomic E-state index is 12.4. The van der Waals surface area contributed by atoms with Gasteiger partial charge in [-0.25, -0.2) is 0 Å². The van der Waals surface area contributed by atoms with Crippen molar-refractivity contribution in [1.82, 2.24) is 0 Å². The SMILES string of the molecule is C[C@@H]([NH2+][C@@H]1CCCc2ccccc21)C(=O)Nc1cccc(Cl)c1. The predicted molar refractivity (Wildman–Crippen MR) is 93.6 cm³/mol. The monoisotopic (exact) mass is 329 g/mol. The number of halogens is 1. The summed E-state index contributed by atoms with van der Waals surface area (Å²) in [5.41, 5.74) is 3.54. The number of nitrogens with two attached hydrogens (primary N) is 1. The molecule has 0 aliphatic heterocycles. The van der Waals surface area contributed by atoms with Crippen molar-refractivity contribution in [1.29, 1.82) is 0 Å². The molecule has 2 aromatic rings. The number of hydrogen-bond donors (Lipinski definition) is 2. The summed E-state index contributed by atoms with van der Waals surface area (Å²) in [5, 5.41) is 5.75. The number of carbonyl (C=O) groups is 1. The van der Waals surface area contributed by atoms with Gasteiger partial charge in [-0.3, -0.25) is 4.79 Å². The Morgan fingerprint density at radius 3 is 2.91 bits per heavy atom. The van der Waals surface area contributed by atoms with Crippen LogP contribution in [0.2, 0.25) is 5.02 Å². The molecule has 0 unspecified atom stereocenters. The van der Waals surface area contributed by atoms with Crippen LogP contribution in [0.25, 0.3) is 0 Å². The first-order chi connectivity index (χ1) is 11.1. The third kappa shape index (κ3) is 3.92. The summed E-state index contributed by atoms with van der Waals surface area (Å²) in [5.74, 6) is 0.00956. The zero-order valence-electron chi connectivity index (χ0n) is 13.3. The van der Waals surface area contributed by atoms with Crippen LogP contribution in [0.1, 0.15) is 36.9 Å². The number of amides is 1. The Morgan fingerprint density at radius 2 is 2.09 bits per heavy atom. The van der Waals surface area contributed by atoms with Crippen LogP contribution in [0.3, 0.4) is 0 Å². The largest absolute Gasteiger partial charge is 0.330 e. The van der Waals surface area contributed by atoms with Crippen LogP contribution in [0.15, 0.2) is 48.5 Å². The first-order valence-electron chi connectivity index (χ1n) is 8.12. The Bertz CT molecular complexity index is 701. The molecular weight excluding hydrogens is 308 g/mol. The van der Waals surface area contributed by atoms with Crippen molar-refractivity contribution >= 4 is 23.2 Å². The quantitative estimate of drug-likeness (QED) is 0.888. The van der Waals surface area contributed by atoms with Crippen LogP contribution < -0.4 is 10.6 Å². The van der Waals surface area contributed by atoms with E-state index in [1.807, 2.05) is 19.1 Å². The minimum Gasteiger partial charge on any atom is -0.330 e. The molecule has 0 spiro atoms. The van der Waals surface area contributed by atoms with Crippen molar-refractivity contribution in [3.8, 4) is 0 Å². The van der Waals surface area contributed by atoms with E-state index < -0.39 is 0 Å². The second-order valence-electron chi connectivity index (χ2n) is 6.18. The highest BCUT2D eigenvalue weighted by Crippen LogP contribution is 2.26. The molecule has 3 N–H and O–H groups in total. The van der Waals surface area contributed by atoms with Gasteiger partial charge in [0.2, 0.25) is 0 Å². The van der Waals surface area contributed by atoms with Crippen molar-refractivity contribution in [3.05, 3.63) is 64.7 Å². The van der Waals surface area contributed by atoms with E-state index in [2.05, 4.69) is 34.9 Å². The minimum atomic E-state index is -0.148. The van der Waals surface area contributed by atoms with E-state index in [1.165, 1.54) is 17.5 Å². The van der Waals surface area contributed by atoms with Crippen molar-refractivity contribution < 1.29 is 10.1 Å². The van der Waals surface area contributed by atoms with E-state index in [4.69, 9.17) is 11.6 Å². The van der Waals surface area contributed by atoms with Crippen LogP contribution in [-0.2, 0) is 11.2 Å². The third-order valence-electron chi connectivity index (χ3n) is 4.44. The maximum Gasteiger partial charge on any atom is 0.282 e. The molecule has 2 aromatic carbocycles. The lowest BCUT2D eigenvalue weighted by Gasteiger charge is -2.26. The Kier molecular flexibility index (Phi) is 4.99. The zero-order valence-corrected chi connectivity index (χ0v) is 14.0. The van der Waals surface area contributed by atoms with Gasteiger partial charge < -0.3 is 10.6 Å². The number of rotatable bonds is 4. The molecule has 0 heterocycles. The Balaban J connectivity index is 1.65. The molecule has 1 aliphatic rings. The van der Waals surface area contributed by atoms with Gasteiger partial charge in [-0.1, -0.05) is 41.9 Å². The molecule has 0 fully saturated rings. The standard InChI is InChI=1S/C19H21ClN2O/c1-13(19(23)22-16-9-5-8-15(20)12-16)21-18-11-4-7-14-6-2-3-10-17(14)18/h2-3,5-6,8-10,12-13,18,21H,4,7,11H2,1H3,(H,22,23)/p+1/t13-,18-/m1/s1. The highest BCUT2D eigenvalue weighted by atomic mass is 35.5. The van der Waals surface area contributed by atoms with Gasteiger partial charge in [-0.15, -0.1) is 0 Å². The topological polar surface area (TPSA) is 45.7 Å². The average molecular weight is 330 g/mol. The van der Waals surface area contributed by atoms with Gasteiger partial charge in [0.15, 0.2) is 6.04 Å². The summed E-state index contributed by atoms with van der Waals surface area (Å²) in [6.45, 7) is 1.96. The lowest BCUT2D eigenvalue weighted by atomic mass is 9.87. The number of fused-ring (bicyclic) bond motifs is 1. The summed E-state index contributed by atoms with van der Waals surface area (Å²) in [6, 6.07) is 16.0. The number of benzene rings is 2. The van der Waals surface area contributed by atoms with E-state index in [0.717, 1.165) is 18.5 Å². The molecule has 1 amide bonds. The van der Waals surface area contributed by atoms with E-state index in [-0.39, 0.29) is 11.9 Å². The summed E-state index contributed by atoms with van der Waals surface area (Å²) < 4.78 is 0. The highest BCUT2D eigenvalue weighted by Gasteiger charge is 2.27. The summed E-state index contributed by atoms with van der Waals surface area (Å²) in [7, 11) is 0. The van der Waals surface area contributed by atoms with E-state index >= 15 is 0 Å². The van der Waals surface area contributed by atoms with Gasteiger partial charge in [-0.05, 0) is 43.5 Å². The Hall–Kier alpha value is -1.84. The van der Waals surface area contributed by atoms with Crippen molar-refractivity contribution in [2.75, 3.05) is 5.32 Å². The van der Waals surface area contributed by atoms with Crippen LogP contribution in [-0.4, -0.2) is 11.9 Å². The Labute approximate surface area is 142 Å². The molecule has 0 saturated heterocycles. The first kappa shape index (κ1) is 16.0. The van der Waals surface area contributed by atoms with Crippen LogP contribution in [0.5, 0.6) is 0 Å². The molecule has 2 atom stereocenters. The lowest BCUT2D eigenvalue weighted by Crippen LogP contribution is -2.92. The molecule has 0 radical (unpaired) electrons. The van der Waals surface area contributed by atoms with Gasteiger partial charge in [0, 0.05) is 22.7 Å². The molecule has 3 nitrogen and oxygen atoms in total. The van der Waals surface area contributed by atoms with Gasteiger partial charge in [0.05, 0.1) is 0 Å². The second-order valence-corrected chi connectivity index (χ2v) is 6.61. The molecule has 0 saturated carbocycles. The van der Waals surface area contributed by atoms with Gasteiger partial charge >= 0.3 is 0 Å². The molecule has 3 rings (SSSR count). The number of anilines is 1.